The lowest BCUT2D eigenvalue weighted by atomic mass is 9.77. The third-order valence-corrected chi connectivity index (χ3v) is 4.12. The van der Waals surface area contributed by atoms with E-state index in [2.05, 4.69) is 32.3 Å². The molecule has 2 heteroatoms. The standard InChI is InChI=1S/C14H23NO/c1-10-9-12(11(2)16-10)13(15-4)14(3)7-5-6-8-14/h9,13,15H,5-8H2,1-4H3. The van der Waals surface area contributed by atoms with Gasteiger partial charge in [-0.05, 0) is 45.2 Å². The second-order valence-corrected chi connectivity index (χ2v) is 5.45. The van der Waals surface area contributed by atoms with E-state index in [0.717, 1.165) is 11.5 Å². The van der Waals surface area contributed by atoms with E-state index in [-0.39, 0.29) is 0 Å². The van der Waals surface area contributed by atoms with Crippen LogP contribution in [0.15, 0.2) is 10.5 Å². The molecule has 16 heavy (non-hydrogen) atoms. The van der Waals surface area contributed by atoms with Crippen LogP contribution in [0.25, 0.3) is 0 Å². The first-order chi connectivity index (χ1) is 7.57. The van der Waals surface area contributed by atoms with Crippen LogP contribution in [0.1, 0.15) is 55.7 Å². The summed E-state index contributed by atoms with van der Waals surface area (Å²) in [6.07, 6.45) is 5.37. The molecule has 1 aromatic heterocycles. The van der Waals surface area contributed by atoms with E-state index < -0.39 is 0 Å². The highest BCUT2D eigenvalue weighted by molar-refractivity contribution is 5.26. The van der Waals surface area contributed by atoms with Crippen LogP contribution in [-0.2, 0) is 0 Å². The smallest absolute Gasteiger partial charge is 0.105 e. The molecule has 0 saturated heterocycles. The molecule has 1 N–H and O–H groups in total. The van der Waals surface area contributed by atoms with E-state index in [4.69, 9.17) is 4.42 Å². The SMILES string of the molecule is CNC(c1cc(C)oc1C)C1(C)CCCC1. The molecule has 1 aliphatic carbocycles. The second-order valence-electron chi connectivity index (χ2n) is 5.45. The van der Waals surface area contributed by atoms with Crippen molar-refractivity contribution in [2.24, 2.45) is 5.41 Å². The Morgan fingerprint density at radius 1 is 1.31 bits per heavy atom. The quantitative estimate of drug-likeness (QED) is 0.841. The minimum absolute atomic E-state index is 0.399. The first-order valence-corrected chi connectivity index (χ1v) is 6.31. The van der Waals surface area contributed by atoms with Crippen molar-refractivity contribution in [1.82, 2.24) is 5.32 Å². The van der Waals surface area contributed by atoms with Crippen molar-refractivity contribution in [2.75, 3.05) is 7.05 Å². The third kappa shape index (κ3) is 1.91. The summed E-state index contributed by atoms with van der Waals surface area (Å²) in [4.78, 5) is 0. The van der Waals surface area contributed by atoms with Gasteiger partial charge in [0.15, 0.2) is 0 Å². The van der Waals surface area contributed by atoms with E-state index in [1.165, 1.54) is 31.2 Å². The van der Waals surface area contributed by atoms with Crippen LogP contribution in [0, 0.1) is 19.3 Å². The van der Waals surface area contributed by atoms with Crippen molar-refractivity contribution in [3.05, 3.63) is 23.2 Å². The van der Waals surface area contributed by atoms with Gasteiger partial charge in [-0.25, -0.2) is 0 Å². The molecule has 0 aromatic carbocycles. The summed E-state index contributed by atoms with van der Waals surface area (Å²) in [6.45, 7) is 6.51. The van der Waals surface area contributed by atoms with Crippen molar-refractivity contribution in [3.63, 3.8) is 0 Å². The molecule has 2 rings (SSSR count). The summed E-state index contributed by atoms with van der Waals surface area (Å²) in [5, 5.41) is 3.49. The zero-order valence-corrected chi connectivity index (χ0v) is 10.9. The maximum Gasteiger partial charge on any atom is 0.105 e. The summed E-state index contributed by atoms with van der Waals surface area (Å²) in [7, 11) is 2.07. The number of nitrogens with one attached hydrogen (secondary N) is 1. The average molecular weight is 221 g/mol. The molecule has 1 unspecified atom stereocenters. The van der Waals surface area contributed by atoms with Crippen LogP contribution in [-0.4, -0.2) is 7.05 Å². The molecule has 90 valence electrons. The predicted molar refractivity (Wildman–Crippen MR) is 66.6 cm³/mol. The van der Waals surface area contributed by atoms with E-state index in [1.54, 1.807) is 0 Å². The number of furan rings is 1. The highest BCUT2D eigenvalue weighted by atomic mass is 16.3. The summed E-state index contributed by atoms with van der Waals surface area (Å²) < 4.78 is 5.66. The zero-order chi connectivity index (χ0) is 11.8. The fourth-order valence-corrected chi connectivity index (χ4v) is 3.29. The van der Waals surface area contributed by atoms with Crippen molar-refractivity contribution in [1.29, 1.82) is 0 Å². The Morgan fingerprint density at radius 2 is 1.94 bits per heavy atom. The second kappa shape index (κ2) is 4.25. The Kier molecular flexibility index (Phi) is 3.11. The molecule has 1 atom stereocenters. The number of hydrogen-bond donors (Lipinski definition) is 1. The Balaban J connectivity index is 2.32. The summed E-state index contributed by atoms with van der Waals surface area (Å²) in [5.41, 5.74) is 1.75. The molecule has 0 aliphatic heterocycles. The topological polar surface area (TPSA) is 25.2 Å². The Hall–Kier alpha value is -0.760. The molecule has 0 bridgehead atoms. The average Bonchev–Trinajstić information content (AvgIpc) is 2.76. The molecule has 0 radical (unpaired) electrons. The van der Waals surface area contributed by atoms with Gasteiger partial charge in [-0.15, -0.1) is 0 Å². The normalized spacial score (nSPS) is 21.2. The van der Waals surface area contributed by atoms with Crippen molar-refractivity contribution >= 4 is 0 Å². The van der Waals surface area contributed by atoms with Crippen molar-refractivity contribution in [2.45, 2.75) is 52.5 Å². The molecule has 0 amide bonds. The van der Waals surface area contributed by atoms with Gasteiger partial charge in [0.05, 0.1) is 0 Å². The van der Waals surface area contributed by atoms with Crippen LogP contribution >= 0.6 is 0 Å². The molecule has 1 aromatic rings. The van der Waals surface area contributed by atoms with Gasteiger partial charge in [0.25, 0.3) is 0 Å². The lowest BCUT2D eigenvalue weighted by Gasteiger charge is -2.33. The first kappa shape index (κ1) is 11.7. The van der Waals surface area contributed by atoms with Gasteiger partial charge in [-0.1, -0.05) is 19.8 Å². The van der Waals surface area contributed by atoms with Crippen LogP contribution < -0.4 is 5.32 Å². The molecule has 2 nitrogen and oxygen atoms in total. The van der Waals surface area contributed by atoms with E-state index in [1.807, 2.05) is 6.92 Å². The van der Waals surface area contributed by atoms with Crippen LogP contribution in [0.5, 0.6) is 0 Å². The number of rotatable bonds is 3. The Morgan fingerprint density at radius 3 is 2.38 bits per heavy atom. The fraction of sp³-hybridized carbons (Fsp3) is 0.714. The predicted octanol–water partition coefficient (Wildman–Crippen LogP) is 3.74. The highest BCUT2D eigenvalue weighted by Gasteiger charge is 2.38. The Labute approximate surface area is 98.4 Å². The summed E-state index contributed by atoms with van der Waals surface area (Å²) in [6, 6.07) is 2.63. The minimum atomic E-state index is 0.399. The van der Waals surface area contributed by atoms with Gasteiger partial charge < -0.3 is 9.73 Å². The number of hydrogen-bond acceptors (Lipinski definition) is 2. The lowest BCUT2D eigenvalue weighted by Crippen LogP contribution is -2.32. The minimum Gasteiger partial charge on any atom is -0.466 e. The molecule has 1 aliphatic rings. The first-order valence-electron chi connectivity index (χ1n) is 6.31. The van der Waals surface area contributed by atoms with Gasteiger partial charge in [0.2, 0.25) is 0 Å². The van der Waals surface area contributed by atoms with E-state index >= 15 is 0 Å². The lowest BCUT2D eigenvalue weighted by molar-refractivity contribution is 0.231. The molecule has 1 saturated carbocycles. The van der Waals surface area contributed by atoms with Gasteiger partial charge in [0.1, 0.15) is 11.5 Å². The maximum atomic E-state index is 5.66. The molecule has 0 spiro atoms. The summed E-state index contributed by atoms with van der Waals surface area (Å²) in [5.74, 6) is 2.10. The van der Waals surface area contributed by atoms with Gasteiger partial charge in [-0.2, -0.15) is 0 Å². The molecular weight excluding hydrogens is 198 g/mol. The third-order valence-electron chi connectivity index (χ3n) is 4.12. The van der Waals surface area contributed by atoms with Crippen molar-refractivity contribution in [3.8, 4) is 0 Å². The highest BCUT2D eigenvalue weighted by Crippen LogP contribution is 2.47. The molecular formula is C14H23NO. The van der Waals surface area contributed by atoms with E-state index in [0.29, 0.717) is 11.5 Å². The largest absolute Gasteiger partial charge is 0.466 e. The molecule has 1 heterocycles. The van der Waals surface area contributed by atoms with Gasteiger partial charge in [-0.3, -0.25) is 0 Å². The van der Waals surface area contributed by atoms with Crippen LogP contribution in [0.4, 0.5) is 0 Å². The van der Waals surface area contributed by atoms with Gasteiger partial charge >= 0.3 is 0 Å². The Bertz CT molecular complexity index is 361. The monoisotopic (exact) mass is 221 g/mol. The maximum absolute atomic E-state index is 5.66. The van der Waals surface area contributed by atoms with Crippen molar-refractivity contribution < 1.29 is 4.42 Å². The van der Waals surface area contributed by atoms with Crippen LogP contribution in [0.3, 0.4) is 0 Å². The van der Waals surface area contributed by atoms with Gasteiger partial charge in [0, 0.05) is 11.6 Å². The van der Waals surface area contributed by atoms with Crippen LogP contribution in [0.2, 0.25) is 0 Å². The number of aryl methyl sites for hydroxylation is 2. The van der Waals surface area contributed by atoms with E-state index in [9.17, 15) is 0 Å². The molecule has 1 fully saturated rings. The zero-order valence-electron chi connectivity index (χ0n) is 10.9. The summed E-state index contributed by atoms with van der Waals surface area (Å²) >= 11 is 0. The fourth-order valence-electron chi connectivity index (χ4n) is 3.29.